The Kier molecular flexibility index (Phi) is 12.3. The van der Waals surface area contributed by atoms with E-state index in [1.54, 1.807) is 0 Å². The van der Waals surface area contributed by atoms with Crippen LogP contribution < -0.4 is 11.5 Å². The summed E-state index contributed by atoms with van der Waals surface area (Å²) in [6, 6.07) is 4.73. The molecule has 0 atom stereocenters. The molecule has 0 heterocycles. The molecule has 0 aliphatic rings. The van der Waals surface area contributed by atoms with Crippen molar-refractivity contribution in [3.8, 4) is 0 Å². The van der Waals surface area contributed by atoms with Crippen molar-refractivity contribution in [2.75, 3.05) is 11.5 Å². The summed E-state index contributed by atoms with van der Waals surface area (Å²) >= 11 is 7.75. The molecule has 0 aliphatic heterocycles. The molecular formula is C29H44Br2N2. The fourth-order valence-corrected chi connectivity index (χ4v) is 5.98. The van der Waals surface area contributed by atoms with E-state index in [1.165, 1.54) is 84.7 Å². The van der Waals surface area contributed by atoms with E-state index in [9.17, 15) is 0 Å². The first-order valence-corrected chi connectivity index (χ1v) is 14.6. The van der Waals surface area contributed by atoms with Crippen LogP contribution in [0.3, 0.4) is 0 Å². The molecule has 4 N–H and O–H groups in total. The zero-order valence-electron chi connectivity index (χ0n) is 21.3. The summed E-state index contributed by atoms with van der Waals surface area (Å²) in [5, 5.41) is 0. The highest BCUT2D eigenvalue weighted by atomic mass is 79.9. The molecule has 33 heavy (non-hydrogen) atoms. The topological polar surface area (TPSA) is 52.0 Å². The highest BCUT2D eigenvalue weighted by Crippen LogP contribution is 2.38. The lowest BCUT2D eigenvalue weighted by Crippen LogP contribution is -2.08. The monoisotopic (exact) mass is 578 g/mol. The first kappa shape index (κ1) is 28.2. The maximum Gasteiger partial charge on any atom is 0.0497 e. The summed E-state index contributed by atoms with van der Waals surface area (Å²) in [5.74, 6) is 0. The number of nitrogen functional groups attached to an aromatic ring is 2. The van der Waals surface area contributed by atoms with E-state index < -0.39 is 0 Å². The minimum absolute atomic E-state index is 0.773. The van der Waals surface area contributed by atoms with Crippen LogP contribution in [0.15, 0.2) is 21.1 Å². The molecule has 0 unspecified atom stereocenters. The van der Waals surface area contributed by atoms with Crippen molar-refractivity contribution in [3.05, 3.63) is 54.5 Å². The lowest BCUT2D eigenvalue weighted by atomic mass is 9.89. The highest BCUT2D eigenvalue weighted by molar-refractivity contribution is 9.11. The summed E-state index contributed by atoms with van der Waals surface area (Å²) in [6.07, 6.45) is 14.7. The molecule has 4 heteroatoms. The molecule has 0 saturated heterocycles. The number of benzene rings is 2. The van der Waals surface area contributed by atoms with E-state index in [0.717, 1.165) is 52.4 Å². The molecule has 0 aromatic heterocycles. The van der Waals surface area contributed by atoms with Crippen LogP contribution in [-0.2, 0) is 32.1 Å². The quantitative estimate of drug-likeness (QED) is 0.219. The van der Waals surface area contributed by atoms with Gasteiger partial charge in [-0.3, -0.25) is 0 Å². The molecule has 0 spiro atoms. The summed E-state index contributed by atoms with van der Waals surface area (Å²) in [4.78, 5) is 0. The van der Waals surface area contributed by atoms with Crippen LogP contribution in [0.2, 0.25) is 0 Å². The van der Waals surface area contributed by atoms with Crippen LogP contribution in [0.4, 0.5) is 11.4 Å². The Morgan fingerprint density at radius 3 is 1.21 bits per heavy atom. The Morgan fingerprint density at radius 2 is 0.879 bits per heavy atom. The van der Waals surface area contributed by atoms with Crippen molar-refractivity contribution in [1.82, 2.24) is 0 Å². The Labute approximate surface area is 219 Å². The van der Waals surface area contributed by atoms with Crippen LogP contribution in [0.5, 0.6) is 0 Å². The number of halogens is 2. The van der Waals surface area contributed by atoms with Gasteiger partial charge >= 0.3 is 0 Å². The fraction of sp³-hybridized carbons (Fsp3) is 0.586. The predicted molar refractivity (Wildman–Crippen MR) is 154 cm³/mol. The average Bonchev–Trinajstić information content (AvgIpc) is 2.81. The molecule has 0 fully saturated rings. The minimum Gasteiger partial charge on any atom is -0.398 e. The zero-order chi connectivity index (χ0) is 24.4. The SMILES string of the molecule is CCCCc1cc(Cc2cc(CCCC)c(CCCC)c(Br)c2N)c(N)c(Br)c1CCCC. The molecule has 0 saturated carbocycles. The van der Waals surface area contributed by atoms with Gasteiger partial charge in [0.15, 0.2) is 0 Å². The van der Waals surface area contributed by atoms with Crippen LogP contribution in [0.1, 0.15) is 112 Å². The standard InChI is InChI=1S/C29H44Br2N2/c1-5-9-13-20-17-22(28(32)26(30)24(20)15-11-7-3)19-23-18-21(14-10-6-2)25(16-12-8-4)27(31)29(23)33/h17-18H,5-16,19,32-33H2,1-4H3. The molecule has 0 amide bonds. The third-order valence-corrected chi connectivity index (χ3v) is 8.52. The van der Waals surface area contributed by atoms with Crippen molar-refractivity contribution in [2.24, 2.45) is 0 Å². The Balaban J connectivity index is 2.51. The smallest absolute Gasteiger partial charge is 0.0497 e. The normalized spacial score (nSPS) is 11.3. The number of anilines is 2. The third-order valence-electron chi connectivity index (χ3n) is 6.71. The van der Waals surface area contributed by atoms with Crippen molar-refractivity contribution >= 4 is 43.2 Å². The second kappa shape index (κ2) is 14.4. The number of hydrogen-bond acceptors (Lipinski definition) is 2. The Bertz CT molecular complexity index is 832. The lowest BCUT2D eigenvalue weighted by Gasteiger charge is -2.20. The van der Waals surface area contributed by atoms with E-state index in [1.807, 2.05) is 0 Å². The minimum atomic E-state index is 0.773. The van der Waals surface area contributed by atoms with Gasteiger partial charge in [-0.05, 0) is 117 Å². The molecule has 0 radical (unpaired) electrons. The first-order valence-electron chi connectivity index (χ1n) is 13.1. The average molecular weight is 580 g/mol. The summed E-state index contributed by atoms with van der Waals surface area (Å²) in [6.45, 7) is 9.01. The van der Waals surface area contributed by atoms with Crippen LogP contribution >= 0.6 is 31.9 Å². The van der Waals surface area contributed by atoms with Gasteiger partial charge in [0.1, 0.15) is 0 Å². The van der Waals surface area contributed by atoms with Crippen LogP contribution in [0, 0.1) is 0 Å². The van der Waals surface area contributed by atoms with E-state index in [0.29, 0.717) is 0 Å². The summed E-state index contributed by atoms with van der Waals surface area (Å²) in [7, 11) is 0. The Hall–Kier alpha value is -1.00. The second-order valence-corrected chi connectivity index (χ2v) is 11.0. The molecule has 0 bridgehead atoms. The van der Waals surface area contributed by atoms with Gasteiger partial charge in [0.05, 0.1) is 0 Å². The predicted octanol–water partition coefficient (Wildman–Crippen LogP) is 9.34. The number of nitrogens with two attached hydrogens (primary N) is 2. The van der Waals surface area contributed by atoms with Gasteiger partial charge in [-0.15, -0.1) is 0 Å². The molecule has 0 aliphatic carbocycles. The number of rotatable bonds is 14. The van der Waals surface area contributed by atoms with Gasteiger partial charge in [-0.2, -0.15) is 0 Å². The summed E-state index contributed by atoms with van der Waals surface area (Å²) < 4.78 is 2.20. The van der Waals surface area contributed by atoms with Crippen molar-refractivity contribution in [1.29, 1.82) is 0 Å². The van der Waals surface area contributed by atoms with E-state index in [2.05, 4.69) is 71.7 Å². The molecule has 2 nitrogen and oxygen atoms in total. The highest BCUT2D eigenvalue weighted by Gasteiger charge is 2.18. The molecule has 2 aromatic carbocycles. The zero-order valence-corrected chi connectivity index (χ0v) is 24.4. The van der Waals surface area contributed by atoms with Crippen LogP contribution in [-0.4, -0.2) is 0 Å². The molecule has 2 rings (SSSR count). The first-order chi connectivity index (χ1) is 15.9. The molecule has 184 valence electrons. The van der Waals surface area contributed by atoms with Crippen molar-refractivity contribution in [2.45, 2.75) is 111 Å². The van der Waals surface area contributed by atoms with Gasteiger partial charge in [-0.25, -0.2) is 0 Å². The Morgan fingerprint density at radius 1 is 0.545 bits per heavy atom. The maximum atomic E-state index is 6.70. The lowest BCUT2D eigenvalue weighted by molar-refractivity contribution is 0.753. The van der Waals surface area contributed by atoms with Crippen molar-refractivity contribution < 1.29 is 0 Å². The molecule has 2 aromatic rings. The fourth-order valence-electron chi connectivity index (χ4n) is 4.57. The number of unbranched alkanes of at least 4 members (excludes halogenated alkanes) is 4. The van der Waals surface area contributed by atoms with Gasteiger partial charge in [0.25, 0.3) is 0 Å². The largest absolute Gasteiger partial charge is 0.398 e. The molecular weight excluding hydrogens is 536 g/mol. The summed E-state index contributed by atoms with van der Waals surface area (Å²) in [5.41, 5.74) is 23.2. The van der Waals surface area contributed by atoms with Gasteiger partial charge in [0, 0.05) is 26.7 Å². The third kappa shape index (κ3) is 7.49. The van der Waals surface area contributed by atoms with E-state index in [4.69, 9.17) is 11.5 Å². The van der Waals surface area contributed by atoms with Crippen LogP contribution in [0.25, 0.3) is 0 Å². The van der Waals surface area contributed by atoms with Gasteiger partial charge in [0.2, 0.25) is 0 Å². The van der Waals surface area contributed by atoms with Gasteiger partial charge in [-0.1, -0.05) is 65.5 Å². The van der Waals surface area contributed by atoms with E-state index >= 15 is 0 Å². The number of aryl methyl sites for hydroxylation is 2. The second-order valence-electron chi connectivity index (χ2n) is 9.39. The van der Waals surface area contributed by atoms with E-state index in [-0.39, 0.29) is 0 Å². The van der Waals surface area contributed by atoms with Crippen molar-refractivity contribution in [3.63, 3.8) is 0 Å². The number of hydrogen-bond donors (Lipinski definition) is 2. The maximum absolute atomic E-state index is 6.70. The van der Waals surface area contributed by atoms with Gasteiger partial charge < -0.3 is 11.5 Å².